The maximum atomic E-state index is 13.7. The predicted octanol–water partition coefficient (Wildman–Crippen LogP) is 5.66. The van der Waals surface area contributed by atoms with Gasteiger partial charge in [0.05, 0.1) is 6.54 Å². The summed E-state index contributed by atoms with van der Waals surface area (Å²) in [6.07, 6.45) is 1.91. The molecular formula is C26H22F2N2O. The van der Waals surface area contributed by atoms with E-state index in [1.807, 2.05) is 59.3 Å². The van der Waals surface area contributed by atoms with Crippen LogP contribution in [0, 0.1) is 11.6 Å². The minimum atomic E-state index is -0.444. The number of hydrogen-bond donors (Lipinski definition) is 0. The number of rotatable bonds is 7. The summed E-state index contributed by atoms with van der Waals surface area (Å²) in [5.41, 5.74) is 3.03. The summed E-state index contributed by atoms with van der Waals surface area (Å²) in [6.45, 7) is 1.22. The number of nitrogens with zero attached hydrogens (tertiary/aromatic N) is 2. The fourth-order valence-electron chi connectivity index (χ4n) is 3.58. The number of hydrogen-bond acceptors (Lipinski definition) is 1. The number of aromatic nitrogens is 1. The molecule has 0 saturated heterocycles. The molecule has 4 rings (SSSR count). The van der Waals surface area contributed by atoms with E-state index in [0.717, 1.165) is 16.8 Å². The van der Waals surface area contributed by atoms with Crippen LogP contribution in [0.3, 0.4) is 0 Å². The van der Waals surface area contributed by atoms with E-state index in [4.69, 9.17) is 0 Å². The Morgan fingerprint density at radius 1 is 0.742 bits per heavy atom. The summed E-state index contributed by atoms with van der Waals surface area (Å²) >= 11 is 0. The Kier molecular flexibility index (Phi) is 6.22. The minimum Gasteiger partial charge on any atom is -0.345 e. The fraction of sp³-hybridized carbons (Fsp3) is 0.115. The van der Waals surface area contributed by atoms with Crippen molar-refractivity contribution in [1.82, 2.24) is 9.47 Å². The predicted molar refractivity (Wildman–Crippen MR) is 116 cm³/mol. The second kappa shape index (κ2) is 9.39. The lowest BCUT2D eigenvalue weighted by Gasteiger charge is -2.24. The highest BCUT2D eigenvalue weighted by Gasteiger charge is 2.19. The Morgan fingerprint density at radius 2 is 1.45 bits per heavy atom. The molecule has 0 N–H and O–H groups in total. The van der Waals surface area contributed by atoms with Gasteiger partial charge in [0.1, 0.15) is 11.6 Å². The van der Waals surface area contributed by atoms with Crippen molar-refractivity contribution in [1.29, 1.82) is 0 Å². The van der Waals surface area contributed by atoms with E-state index in [-0.39, 0.29) is 11.7 Å². The van der Waals surface area contributed by atoms with Gasteiger partial charge in [0.15, 0.2) is 0 Å². The first-order chi connectivity index (χ1) is 15.1. The monoisotopic (exact) mass is 416 g/mol. The van der Waals surface area contributed by atoms with Gasteiger partial charge in [-0.1, -0.05) is 48.5 Å². The SMILES string of the molecule is O=C(c1cccc(F)c1)N(Cc1ccccc1)Cc1cccn1Cc1cccc(F)c1. The van der Waals surface area contributed by atoms with Crippen LogP contribution < -0.4 is 0 Å². The summed E-state index contributed by atoms with van der Waals surface area (Å²) in [4.78, 5) is 14.9. The zero-order chi connectivity index (χ0) is 21.6. The van der Waals surface area contributed by atoms with Crippen molar-refractivity contribution in [2.45, 2.75) is 19.6 Å². The molecule has 0 aliphatic rings. The first-order valence-electron chi connectivity index (χ1n) is 10.1. The van der Waals surface area contributed by atoms with Gasteiger partial charge in [-0.2, -0.15) is 0 Å². The van der Waals surface area contributed by atoms with Crippen LogP contribution in [0.15, 0.2) is 97.2 Å². The second-order valence-electron chi connectivity index (χ2n) is 7.41. The standard InChI is InChI=1S/C26H22F2N2O/c27-23-11-4-9-21(15-23)18-29-14-6-13-25(29)19-30(17-20-7-2-1-3-8-20)26(31)22-10-5-12-24(28)16-22/h1-16H,17-19H2. The van der Waals surface area contributed by atoms with E-state index in [1.165, 1.54) is 30.3 Å². The van der Waals surface area contributed by atoms with Crippen molar-refractivity contribution < 1.29 is 13.6 Å². The maximum Gasteiger partial charge on any atom is 0.254 e. The molecule has 0 saturated carbocycles. The molecule has 0 radical (unpaired) electrons. The minimum absolute atomic E-state index is 0.248. The Bertz CT molecular complexity index is 1170. The zero-order valence-electron chi connectivity index (χ0n) is 16.9. The van der Waals surface area contributed by atoms with Crippen LogP contribution in [0.1, 0.15) is 27.2 Å². The Morgan fingerprint density at radius 3 is 2.19 bits per heavy atom. The third-order valence-corrected chi connectivity index (χ3v) is 5.09. The topological polar surface area (TPSA) is 25.2 Å². The highest BCUT2D eigenvalue weighted by Crippen LogP contribution is 2.17. The molecule has 156 valence electrons. The van der Waals surface area contributed by atoms with Crippen molar-refractivity contribution in [3.8, 4) is 0 Å². The number of carbonyl (C=O) groups excluding carboxylic acids is 1. The summed E-state index contributed by atoms with van der Waals surface area (Å²) in [5.74, 6) is -0.972. The van der Waals surface area contributed by atoms with Gasteiger partial charge in [0.2, 0.25) is 0 Å². The van der Waals surface area contributed by atoms with Gasteiger partial charge in [0.25, 0.3) is 5.91 Å². The highest BCUT2D eigenvalue weighted by molar-refractivity contribution is 5.94. The molecule has 0 unspecified atom stereocenters. The Balaban J connectivity index is 1.60. The van der Waals surface area contributed by atoms with E-state index in [1.54, 1.807) is 17.0 Å². The molecule has 1 aromatic heterocycles. The highest BCUT2D eigenvalue weighted by atomic mass is 19.1. The number of halogens is 2. The van der Waals surface area contributed by atoms with Crippen LogP contribution in [-0.2, 0) is 19.6 Å². The molecule has 0 bridgehead atoms. The average Bonchev–Trinajstić information content (AvgIpc) is 3.20. The molecule has 31 heavy (non-hydrogen) atoms. The summed E-state index contributed by atoms with van der Waals surface area (Å²) in [6, 6.07) is 25.7. The molecular weight excluding hydrogens is 394 g/mol. The van der Waals surface area contributed by atoms with Crippen LogP contribution in [-0.4, -0.2) is 15.4 Å². The first-order valence-corrected chi connectivity index (χ1v) is 10.1. The Labute approximate surface area is 180 Å². The molecule has 4 aromatic rings. The van der Waals surface area contributed by atoms with Gasteiger partial charge in [-0.05, 0) is 53.6 Å². The van der Waals surface area contributed by atoms with Gasteiger partial charge in [0, 0.05) is 30.5 Å². The fourth-order valence-corrected chi connectivity index (χ4v) is 3.58. The number of amides is 1. The quantitative estimate of drug-likeness (QED) is 0.382. The van der Waals surface area contributed by atoms with Gasteiger partial charge in [-0.3, -0.25) is 4.79 Å². The summed E-state index contributed by atoms with van der Waals surface area (Å²) < 4.78 is 29.3. The smallest absolute Gasteiger partial charge is 0.254 e. The normalized spacial score (nSPS) is 10.8. The molecule has 1 amide bonds. The third kappa shape index (κ3) is 5.25. The van der Waals surface area contributed by atoms with Gasteiger partial charge in [-0.25, -0.2) is 8.78 Å². The van der Waals surface area contributed by atoms with E-state index in [2.05, 4.69) is 0 Å². The van der Waals surface area contributed by atoms with Crippen molar-refractivity contribution >= 4 is 5.91 Å². The van der Waals surface area contributed by atoms with Crippen LogP contribution in [0.25, 0.3) is 0 Å². The molecule has 5 heteroatoms. The first kappa shape index (κ1) is 20.5. The zero-order valence-corrected chi connectivity index (χ0v) is 16.9. The van der Waals surface area contributed by atoms with Gasteiger partial charge in [-0.15, -0.1) is 0 Å². The van der Waals surface area contributed by atoms with Gasteiger partial charge < -0.3 is 9.47 Å². The Hall–Kier alpha value is -3.73. The van der Waals surface area contributed by atoms with E-state index in [0.29, 0.717) is 25.2 Å². The lowest BCUT2D eigenvalue weighted by Crippen LogP contribution is -2.31. The number of benzene rings is 3. The molecule has 0 fully saturated rings. The average molecular weight is 416 g/mol. The lowest BCUT2D eigenvalue weighted by molar-refractivity contribution is 0.0725. The summed E-state index contributed by atoms with van der Waals surface area (Å²) in [5, 5.41) is 0. The molecule has 0 aliphatic carbocycles. The largest absolute Gasteiger partial charge is 0.345 e. The molecule has 0 atom stereocenters. The van der Waals surface area contributed by atoms with Crippen molar-refractivity contribution in [3.05, 3.63) is 131 Å². The molecule has 0 spiro atoms. The molecule has 1 heterocycles. The van der Waals surface area contributed by atoms with Crippen molar-refractivity contribution in [2.24, 2.45) is 0 Å². The van der Waals surface area contributed by atoms with Crippen LogP contribution in [0.4, 0.5) is 8.78 Å². The third-order valence-electron chi connectivity index (χ3n) is 5.09. The molecule has 3 aromatic carbocycles. The van der Waals surface area contributed by atoms with Crippen LogP contribution in [0.2, 0.25) is 0 Å². The van der Waals surface area contributed by atoms with E-state index in [9.17, 15) is 13.6 Å². The van der Waals surface area contributed by atoms with E-state index >= 15 is 0 Å². The maximum absolute atomic E-state index is 13.7. The molecule has 3 nitrogen and oxygen atoms in total. The van der Waals surface area contributed by atoms with Crippen molar-refractivity contribution in [3.63, 3.8) is 0 Å². The molecule has 0 aliphatic heterocycles. The van der Waals surface area contributed by atoms with Gasteiger partial charge >= 0.3 is 0 Å². The van der Waals surface area contributed by atoms with Crippen molar-refractivity contribution in [2.75, 3.05) is 0 Å². The lowest BCUT2D eigenvalue weighted by atomic mass is 10.1. The van der Waals surface area contributed by atoms with Crippen LogP contribution in [0.5, 0.6) is 0 Å². The van der Waals surface area contributed by atoms with Crippen LogP contribution >= 0.6 is 0 Å². The summed E-state index contributed by atoms with van der Waals surface area (Å²) in [7, 11) is 0. The van der Waals surface area contributed by atoms with E-state index < -0.39 is 5.82 Å². The number of carbonyl (C=O) groups is 1. The second-order valence-corrected chi connectivity index (χ2v) is 7.41.